The van der Waals surface area contributed by atoms with Crippen LogP contribution >= 0.6 is 23.1 Å². The van der Waals surface area contributed by atoms with Gasteiger partial charge in [0.2, 0.25) is 0 Å². The van der Waals surface area contributed by atoms with Crippen molar-refractivity contribution >= 4 is 44.4 Å². The van der Waals surface area contributed by atoms with Crippen molar-refractivity contribution in [1.82, 2.24) is 9.88 Å². The van der Waals surface area contributed by atoms with E-state index in [9.17, 15) is 9.18 Å². The van der Waals surface area contributed by atoms with E-state index in [2.05, 4.69) is 4.98 Å². The van der Waals surface area contributed by atoms with Gasteiger partial charge in [0.05, 0.1) is 10.3 Å². The average Bonchev–Trinajstić information content (AvgIpc) is 3.06. The van der Waals surface area contributed by atoms with Crippen molar-refractivity contribution < 1.29 is 9.18 Å². The fraction of sp³-hybridized carbons (Fsp3) is 0.263. The molecule has 0 bridgehead atoms. The van der Waals surface area contributed by atoms with Gasteiger partial charge in [-0.15, -0.1) is 11.8 Å². The monoisotopic (exact) mass is 389 g/mol. The minimum absolute atomic E-state index is 0.115. The minimum atomic E-state index is -0.366. The molecule has 7 heteroatoms. The van der Waals surface area contributed by atoms with Gasteiger partial charge >= 0.3 is 0 Å². The number of benzene rings is 2. The van der Waals surface area contributed by atoms with Crippen molar-refractivity contribution in [2.24, 2.45) is 0 Å². The Bertz CT molecular complexity index is 926. The van der Waals surface area contributed by atoms with Crippen LogP contribution in [0.4, 0.5) is 9.52 Å². The minimum Gasteiger partial charge on any atom is -0.308 e. The first-order valence-corrected chi connectivity index (χ1v) is 10.2. The summed E-state index contributed by atoms with van der Waals surface area (Å²) in [6.07, 6.45) is 1.95. The van der Waals surface area contributed by atoms with Crippen LogP contribution in [0.2, 0.25) is 0 Å². The number of thioether (sulfide) groups is 1. The highest BCUT2D eigenvalue weighted by Crippen LogP contribution is 2.32. The molecule has 0 radical (unpaired) electrons. The summed E-state index contributed by atoms with van der Waals surface area (Å²) in [5.74, 6) is -0.481. The van der Waals surface area contributed by atoms with Gasteiger partial charge in [-0.2, -0.15) is 0 Å². The van der Waals surface area contributed by atoms with E-state index in [1.165, 1.54) is 29.2 Å². The molecule has 0 unspecified atom stereocenters. The number of nitrogens with zero attached hydrogens (tertiary/aromatic N) is 3. The second-order valence-electron chi connectivity index (χ2n) is 6.04. The molecule has 0 saturated heterocycles. The summed E-state index contributed by atoms with van der Waals surface area (Å²) >= 11 is 2.87. The summed E-state index contributed by atoms with van der Waals surface area (Å²) < 4.78 is 14.8. The first kappa shape index (κ1) is 18.8. The third kappa shape index (κ3) is 3.90. The molecule has 3 aromatic rings. The Balaban J connectivity index is 2.03. The van der Waals surface area contributed by atoms with Gasteiger partial charge in [0.25, 0.3) is 5.91 Å². The second-order valence-corrected chi connectivity index (χ2v) is 7.90. The van der Waals surface area contributed by atoms with Gasteiger partial charge < -0.3 is 4.90 Å². The molecule has 1 aromatic heterocycles. The van der Waals surface area contributed by atoms with Crippen LogP contribution in [0.3, 0.4) is 0 Å². The van der Waals surface area contributed by atoms with Gasteiger partial charge in [-0.1, -0.05) is 29.5 Å². The van der Waals surface area contributed by atoms with E-state index in [4.69, 9.17) is 0 Å². The molecule has 26 heavy (non-hydrogen) atoms. The van der Waals surface area contributed by atoms with E-state index in [0.717, 1.165) is 9.60 Å². The Hall–Kier alpha value is -1.96. The maximum absolute atomic E-state index is 14.0. The lowest BCUT2D eigenvalue weighted by Gasteiger charge is -2.22. The van der Waals surface area contributed by atoms with Gasteiger partial charge in [-0.05, 0) is 44.6 Å². The van der Waals surface area contributed by atoms with Crippen LogP contribution in [0.5, 0.6) is 0 Å². The molecule has 0 aliphatic carbocycles. The lowest BCUT2D eigenvalue weighted by molar-refractivity contribution is 0.0982. The summed E-state index contributed by atoms with van der Waals surface area (Å²) in [5, 5.41) is 0.521. The number of amides is 1. The number of carbonyl (C=O) groups is 1. The van der Waals surface area contributed by atoms with Crippen LogP contribution in [0.1, 0.15) is 10.4 Å². The van der Waals surface area contributed by atoms with Crippen LogP contribution in [0.15, 0.2) is 47.4 Å². The number of fused-ring (bicyclic) bond motifs is 1. The molecule has 0 N–H and O–H groups in total. The number of thiazole rings is 1. The summed E-state index contributed by atoms with van der Waals surface area (Å²) in [7, 11) is 3.91. The molecule has 0 aliphatic rings. The third-order valence-corrected chi connectivity index (χ3v) is 5.78. The molecule has 3 rings (SSSR count). The lowest BCUT2D eigenvalue weighted by atomic mass is 10.2. The quantitative estimate of drug-likeness (QED) is 0.587. The highest BCUT2D eigenvalue weighted by atomic mass is 32.2. The van der Waals surface area contributed by atoms with Crippen molar-refractivity contribution in [3.05, 3.63) is 53.8 Å². The van der Waals surface area contributed by atoms with Crippen LogP contribution in [-0.4, -0.2) is 49.2 Å². The number of hydrogen-bond donors (Lipinski definition) is 0. The molecule has 1 amide bonds. The maximum atomic E-state index is 14.0. The number of likely N-dealkylation sites (N-methyl/N-ethyl adjacent to an activating group) is 1. The van der Waals surface area contributed by atoms with Gasteiger partial charge in [-0.25, -0.2) is 9.37 Å². The normalized spacial score (nSPS) is 11.3. The Morgan fingerprint density at radius 2 is 1.92 bits per heavy atom. The molecule has 4 nitrogen and oxygen atoms in total. The van der Waals surface area contributed by atoms with Crippen LogP contribution in [-0.2, 0) is 0 Å². The van der Waals surface area contributed by atoms with Gasteiger partial charge in [0, 0.05) is 18.0 Å². The number of carbonyl (C=O) groups excluding carboxylic acids is 1. The summed E-state index contributed by atoms with van der Waals surface area (Å²) in [6, 6.07) is 12.4. The van der Waals surface area contributed by atoms with E-state index in [-0.39, 0.29) is 11.7 Å². The van der Waals surface area contributed by atoms with Crippen molar-refractivity contribution in [3.63, 3.8) is 0 Å². The fourth-order valence-corrected chi connectivity index (χ4v) is 4.16. The van der Waals surface area contributed by atoms with E-state index in [1.54, 1.807) is 11.0 Å². The largest absolute Gasteiger partial charge is 0.308 e. The van der Waals surface area contributed by atoms with Gasteiger partial charge in [0.15, 0.2) is 5.13 Å². The van der Waals surface area contributed by atoms with Crippen LogP contribution in [0, 0.1) is 5.82 Å². The van der Waals surface area contributed by atoms with Gasteiger partial charge in [0.1, 0.15) is 11.3 Å². The average molecular weight is 390 g/mol. The zero-order valence-corrected chi connectivity index (χ0v) is 16.5. The molecule has 0 aliphatic heterocycles. The van der Waals surface area contributed by atoms with E-state index in [0.29, 0.717) is 29.3 Å². The van der Waals surface area contributed by atoms with E-state index >= 15 is 0 Å². The van der Waals surface area contributed by atoms with Crippen LogP contribution in [0.25, 0.3) is 10.2 Å². The summed E-state index contributed by atoms with van der Waals surface area (Å²) in [4.78, 5) is 22.3. The zero-order valence-electron chi connectivity index (χ0n) is 14.9. The first-order valence-electron chi connectivity index (χ1n) is 8.16. The number of anilines is 1. The summed E-state index contributed by atoms with van der Waals surface area (Å²) in [5.41, 5.74) is 0.951. The number of hydrogen-bond acceptors (Lipinski definition) is 5. The molecule has 1 heterocycles. The number of rotatable bonds is 6. The molecule has 0 fully saturated rings. The fourth-order valence-electron chi connectivity index (χ4n) is 2.57. The van der Waals surface area contributed by atoms with E-state index in [1.807, 2.05) is 55.6 Å². The SMILES string of the molecule is CSc1ccccc1C(=O)N(CCN(C)C)c1nc2c(F)cccc2s1. The number of para-hydroxylation sites is 1. The van der Waals surface area contributed by atoms with Gasteiger partial charge in [-0.3, -0.25) is 9.69 Å². The molecule has 0 atom stereocenters. The van der Waals surface area contributed by atoms with Crippen molar-refractivity contribution in [2.45, 2.75) is 4.90 Å². The second kappa shape index (κ2) is 8.16. The molecular formula is C19H20FN3OS2. The zero-order chi connectivity index (χ0) is 18.7. The predicted molar refractivity (Wildman–Crippen MR) is 108 cm³/mol. The molecule has 0 spiro atoms. The Morgan fingerprint density at radius 3 is 2.62 bits per heavy atom. The molecule has 0 saturated carbocycles. The topological polar surface area (TPSA) is 36.4 Å². The van der Waals surface area contributed by atoms with Crippen LogP contribution < -0.4 is 4.90 Å². The number of aromatic nitrogens is 1. The smallest absolute Gasteiger partial charge is 0.261 e. The molecular weight excluding hydrogens is 369 g/mol. The van der Waals surface area contributed by atoms with Crippen molar-refractivity contribution in [1.29, 1.82) is 0 Å². The Labute approximate surface area is 160 Å². The number of halogens is 1. The predicted octanol–water partition coefficient (Wildman–Crippen LogP) is 4.37. The van der Waals surface area contributed by atoms with E-state index < -0.39 is 0 Å². The third-order valence-electron chi connectivity index (χ3n) is 3.94. The molecule has 136 valence electrons. The summed E-state index contributed by atoms with van der Waals surface area (Å²) in [6.45, 7) is 1.17. The maximum Gasteiger partial charge on any atom is 0.261 e. The van der Waals surface area contributed by atoms with Crippen molar-refractivity contribution in [3.8, 4) is 0 Å². The standard InChI is InChI=1S/C19H20FN3OS2/c1-22(2)11-12-23(18(24)13-7-4-5-9-15(13)25-3)19-21-17-14(20)8-6-10-16(17)26-19/h4-10H,11-12H2,1-3H3. The highest BCUT2D eigenvalue weighted by molar-refractivity contribution is 7.98. The molecule has 2 aromatic carbocycles. The lowest BCUT2D eigenvalue weighted by Crippen LogP contribution is -2.37. The first-order chi connectivity index (χ1) is 12.5. The highest BCUT2D eigenvalue weighted by Gasteiger charge is 2.23. The Kier molecular flexibility index (Phi) is 5.90. The van der Waals surface area contributed by atoms with Crippen molar-refractivity contribution in [2.75, 3.05) is 38.3 Å². The Morgan fingerprint density at radius 1 is 1.15 bits per heavy atom.